The molecule has 1 aromatic heterocycles. The Balaban J connectivity index is 2.27. The Morgan fingerprint density at radius 3 is 2.33 bits per heavy atom. The molecule has 1 aliphatic rings. The molecule has 7 heteroatoms. The van der Waals surface area contributed by atoms with E-state index in [9.17, 15) is 13.2 Å². The van der Waals surface area contributed by atoms with Gasteiger partial charge >= 0.3 is 6.18 Å². The third-order valence-electron chi connectivity index (χ3n) is 3.65. The highest BCUT2D eigenvalue weighted by Crippen LogP contribution is 2.30. The van der Waals surface area contributed by atoms with E-state index in [0.29, 0.717) is 5.56 Å². The third-order valence-corrected chi connectivity index (χ3v) is 3.87. The lowest BCUT2D eigenvalue weighted by Gasteiger charge is -2.20. The molecular formula is C14H18F3N3S. The van der Waals surface area contributed by atoms with Gasteiger partial charge in [0.15, 0.2) is 0 Å². The molecule has 0 spiro atoms. The lowest BCUT2D eigenvalue weighted by molar-refractivity contribution is -0.141. The van der Waals surface area contributed by atoms with Crippen molar-refractivity contribution < 1.29 is 13.2 Å². The van der Waals surface area contributed by atoms with Gasteiger partial charge in [-0.15, -0.1) is 0 Å². The fourth-order valence-corrected chi connectivity index (χ4v) is 2.71. The van der Waals surface area contributed by atoms with Crippen molar-refractivity contribution in [1.29, 1.82) is 0 Å². The molecule has 1 aromatic rings. The van der Waals surface area contributed by atoms with Crippen molar-refractivity contribution in [3.05, 3.63) is 23.4 Å². The number of nitrogens with zero attached hydrogens (tertiary/aromatic N) is 1. The largest absolute Gasteiger partial charge is 0.433 e. The maximum atomic E-state index is 12.8. The smallest absolute Gasteiger partial charge is 0.389 e. The zero-order chi connectivity index (χ0) is 15.5. The van der Waals surface area contributed by atoms with Crippen LogP contribution in [0.15, 0.2) is 12.1 Å². The predicted molar refractivity (Wildman–Crippen MR) is 80.2 cm³/mol. The normalized spacial score (nSPS) is 17.3. The number of thiocarbonyl (C=S) groups is 1. The minimum Gasteiger partial charge on any atom is -0.389 e. The van der Waals surface area contributed by atoms with E-state index in [1.807, 2.05) is 0 Å². The van der Waals surface area contributed by atoms with E-state index in [-0.39, 0.29) is 16.8 Å². The molecule has 3 N–H and O–H groups in total. The van der Waals surface area contributed by atoms with E-state index in [1.165, 1.54) is 6.07 Å². The first-order chi connectivity index (χ1) is 9.88. The van der Waals surface area contributed by atoms with Crippen molar-refractivity contribution >= 4 is 23.0 Å². The number of nitrogens with two attached hydrogens (primary N) is 1. The molecule has 0 bridgehead atoms. The maximum Gasteiger partial charge on any atom is 0.433 e. The zero-order valence-corrected chi connectivity index (χ0v) is 12.4. The predicted octanol–water partition coefficient (Wildman–Crippen LogP) is 3.87. The number of anilines is 1. The van der Waals surface area contributed by atoms with Gasteiger partial charge in [-0.1, -0.05) is 37.9 Å². The molecule has 1 fully saturated rings. The summed E-state index contributed by atoms with van der Waals surface area (Å²) in [6.45, 7) is 0. The van der Waals surface area contributed by atoms with E-state index >= 15 is 0 Å². The summed E-state index contributed by atoms with van der Waals surface area (Å²) in [6.07, 6.45) is 1.84. The monoisotopic (exact) mass is 317 g/mol. The molecule has 0 saturated heterocycles. The molecule has 116 valence electrons. The molecule has 2 rings (SSSR count). The second-order valence-corrected chi connectivity index (χ2v) is 5.73. The first kappa shape index (κ1) is 16.0. The molecule has 0 radical (unpaired) electrons. The number of hydrogen-bond acceptors (Lipinski definition) is 3. The number of hydrogen-bond donors (Lipinski definition) is 2. The van der Waals surface area contributed by atoms with Crippen LogP contribution in [0, 0.1) is 0 Å². The molecule has 0 unspecified atom stereocenters. The first-order valence-corrected chi connectivity index (χ1v) is 7.43. The summed E-state index contributed by atoms with van der Waals surface area (Å²) in [4.78, 5) is 3.73. The second-order valence-electron chi connectivity index (χ2n) is 5.29. The summed E-state index contributed by atoms with van der Waals surface area (Å²) < 4.78 is 38.4. The van der Waals surface area contributed by atoms with Crippen molar-refractivity contribution in [3.63, 3.8) is 0 Å². The Labute approximate surface area is 127 Å². The van der Waals surface area contributed by atoms with Crippen LogP contribution in [0.4, 0.5) is 19.0 Å². The molecular weight excluding hydrogens is 299 g/mol. The van der Waals surface area contributed by atoms with Gasteiger partial charge < -0.3 is 11.1 Å². The Kier molecular flexibility index (Phi) is 5.03. The highest BCUT2D eigenvalue weighted by molar-refractivity contribution is 7.80. The van der Waals surface area contributed by atoms with Crippen molar-refractivity contribution in [2.24, 2.45) is 5.73 Å². The Morgan fingerprint density at radius 1 is 1.19 bits per heavy atom. The van der Waals surface area contributed by atoms with Crippen LogP contribution in [-0.2, 0) is 6.18 Å². The third kappa shape index (κ3) is 4.30. The standard InChI is InChI=1S/C14H18F3N3S/c15-14(16,17)11-8-7-10(12(18)21)13(20-11)19-9-5-3-1-2-4-6-9/h7-9H,1-6H2,(H2,18,21)(H,19,20). The number of halogens is 3. The molecule has 0 aromatic carbocycles. The van der Waals surface area contributed by atoms with Crippen LogP contribution in [0.3, 0.4) is 0 Å². The number of rotatable bonds is 3. The molecule has 21 heavy (non-hydrogen) atoms. The topological polar surface area (TPSA) is 50.9 Å². The van der Waals surface area contributed by atoms with Gasteiger partial charge in [-0.25, -0.2) is 4.98 Å². The van der Waals surface area contributed by atoms with E-state index in [1.54, 1.807) is 0 Å². The lowest BCUT2D eigenvalue weighted by atomic mass is 10.1. The van der Waals surface area contributed by atoms with Gasteiger partial charge in [0, 0.05) is 6.04 Å². The molecule has 0 amide bonds. The minimum atomic E-state index is -4.48. The molecule has 0 aliphatic heterocycles. The molecule has 0 atom stereocenters. The SMILES string of the molecule is NC(=S)c1ccc(C(F)(F)F)nc1NC1CCCCCC1. The van der Waals surface area contributed by atoms with Crippen LogP contribution in [0.1, 0.15) is 49.8 Å². The number of pyridine rings is 1. The maximum absolute atomic E-state index is 12.8. The summed E-state index contributed by atoms with van der Waals surface area (Å²) >= 11 is 4.90. The van der Waals surface area contributed by atoms with Gasteiger partial charge in [0.25, 0.3) is 0 Å². The van der Waals surface area contributed by atoms with Gasteiger partial charge in [0.1, 0.15) is 16.5 Å². The Hall–Kier alpha value is -1.37. The highest BCUT2D eigenvalue weighted by atomic mass is 32.1. The Bertz CT molecular complexity index is 509. The van der Waals surface area contributed by atoms with Gasteiger partial charge in [-0.05, 0) is 25.0 Å². The average Bonchev–Trinajstić information content (AvgIpc) is 2.66. The summed E-state index contributed by atoms with van der Waals surface area (Å²) in [5.41, 5.74) is 5.01. The van der Waals surface area contributed by atoms with Crippen LogP contribution < -0.4 is 11.1 Å². The number of aromatic nitrogens is 1. The van der Waals surface area contributed by atoms with E-state index in [4.69, 9.17) is 18.0 Å². The number of alkyl halides is 3. The molecule has 1 heterocycles. The average molecular weight is 317 g/mol. The van der Waals surface area contributed by atoms with E-state index in [0.717, 1.165) is 44.6 Å². The fourth-order valence-electron chi connectivity index (χ4n) is 2.54. The zero-order valence-electron chi connectivity index (χ0n) is 11.5. The van der Waals surface area contributed by atoms with Gasteiger partial charge in [-0.2, -0.15) is 13.2 Å². The molecule has 3 nitrogen and oxygen atoms in total. The van der Waals surface area contributed by atoms with Gasteiger partial charge in [0.2, 0.25) is 0 Å². The van der Waals surface area contributed by atoms with Crippen molar-refractivity contribution in [2.75, 3.05) is 5.32 Å². The summed E-state index contributed by atoms with van der Waals surface area (Å²) in [6, 6.07) is 2.32. The van der Waals surface area contributed by atoms with E-state index in [2.05, 4.69) is 10.3 Å². The van der Waals surface area contributed by atoms with Crippen LogP contribution in [0.5, 0.6) is 0 Å². The number of nitrogens with one attached hydrogen (secondary N) is 1. The van der Waals surface area contributed by atoms with Crippen LogP contribution in [-0.4, -0.2) is 16.0 Å². The first-order valence-electron chi connectivity index (χ1n) is 7.02. The quantitative estimate of drug-likeness (QED) is 0.656. The van der Waals surface area contributed by atoms with Crippen molar-refractivity contribution in [1.82, 2.24) is 4.98 Å². The lowest BCUT2D eigenvalue weighted by Crippen LogP contribution is -2.24. The summed E-state index contributed by atoms with van der Waals surface area (Å²) in [5.74, 6) is 0.143. The van der Waals surface area contributed by atoms with Gasteiger partial charge in [-0.3, -0.25) is 0 Å². The fraction of sp³-hybridized carbons (Fsp3) is 0.571. The van der Waals surface area contributed by atoms with Crippen LogP contribution in [0.25, 0.3) is 0 Å². The van der Waals surface area contributed by atoms with Gasteiger partial charge in [0.05, 0.1) is 5.56 Å². The van der Waals surface area contributed by atoms with Crippen LogP contribution in [0.2, 0.25) is 0 Å². The van der Waals surface area contributed by atoms with Crippen molar-refractivity contribution in [2.45, 2.75) is 50.7 Å². The molecule has 1 saturated carbocycles. The summed E-state index contributed by atoms with van der Waals surface area (Å²) in [7, 11) is 0. The summed E-state index contributed by atoms with van der Waals surface area (Å²) in [5, 5.41) is 3.10. The highest BCUT2D eigenvalue weighted by Gasteiger charge is 2.33. The van der Waals surface area contributed by atoms with Crippen LogP contribution >= 0.6 is 12.2 Å². The second kappa shape index (κ2) is 6.60. The minimum absolute atomic E-state index is 0.0485. The Morgan fingerprint density at radius 2 is 1.81 bits per heavy atom. The van der Waals surface area contributed by atoms with E-state index < -0.39 is 11.9 Å². The van der Waals surface area contributed by atoms with Crippen molar-refractivity contribution in [3.8, 4) is 0 Å². The molecule has 1 aliphatic carbocycles.